The fourth-order valence-corrected chi connectivity index (χ4v) is 4.21. The van der Waals surface area contributed by atoms with E-state index in [1.165, 1.54) is 0 Å². The van der Waals surface area contributed by atoms with Crippen molar-refractivity contribution in [1.29, 1.82) is 0 Å². The predicted molar refractivity (Wildman–Crippen MR) is 126 cm³/mol. The highest BCUT2D eigenvalue weighted by Gasteiger charge is 2.14. The van der Waals surface area contributed by atoms with Crippen molar-refractivity contribution in [2.24, 2.45) is 0 Å². The van der Waals surface area contributed by atoms with Gasteiger partial charge in [-0.25, -0.2) is 4.98 Å². The molecule has 2 heterocycles. The number of rotatable bonds is 7. The van der Waals surface area contributed by atoms with Crippen LogP contribution in [0.25, 0.3) is 11.3 Å². The molecule has 0 saturated heterocycles. The van der Waals surface area contributed by atoms with Crippen molar-refractivity contribution in [3.05, 3.63) is 99.1 Å². The second-order valence-electron chi connectivity index (χ2n) is 6.96. The van der Waals surface area contributed by atoms with Crippen LogP contribution in [-0.4, -0.2) is 15.9 Å². The van der Waals surface area contributed by atoms with Gasteiger partial charge in [0.15, 0.2) is 0 Å². The third-order valence-corrected chi connectivity index (χ3v) is 5.96. The van der Waals surface area contributed by atoms with E-state index in [1.54, 1.807) is 23.7 Å². The van der Waals surface area contributed by atoms with Gasteiger partial charge < -0.3 is 10.6 Å². The van der Waals surface area contributed by atoms with Crippen LogP contribution in [0.2, 0.25) is 5.02 Å². The van der Waals surface area contributed by atoms with E-state index in [1.807, 2.05) is 67.6 Å². The maximum absolute atomic E-state index is 12.8. The molecule has 0 atom stereocenters. The van der Waals surface area contributed by atoms with Crippen LogP contribution in [0.3, 0.4) is 0 Å². The number of para-hydroxylation sites is 1. The Balaban J connectivity index is 1.42. The van der Waals surface area contributed by atoms with Gasteiger partial charge in [0.2, 0.25) is 0 Å². The largest absolute Gasteiger partial charge is 0.380 e. The molecule has 5 nitrogen and oxygen atoms in total. The fourth-order valence-electron chi connectivity index (χ4n) is 3.19. The van der Waals surface area contributed by atoms with E-state index < -0.39 is 0 Å². The molecule has 2 aromatic carbocycles. The van der Waals surface area contributed by atoms with E-state index in [9.17, 15) is 4.79 Å². The molecule has 4 aromatic rings. The molecular weight excluding hydrogens is 428 g/mol. The molecular formula is C24H21ClN4OS. The lowest BCUT2D eigenvalue weighted by Gasteiger charge is -2.12. The lowest BCUT2D eigenvalue weighted by molar-refractivity contribution is 0.0951. The number of carbonyl (C=O) groups is 1. The number of aromatic nitrogens is 2. The molecule has 4 rings (SSSR count). The maximum Gasteiger partial charge on any atom is 0.253 e. The number of halogens is 1. The first-order valence-electron chi connectivity index (χ1n) is 9.82. The molecule has 2 aromatic heterocycles. The van der Waals surface area contributed by atoms with Crippen molar-refractivity contribution in [2.75, 3.05) is 5.32 Å². The van der Waals surface area contributed by atoms with Crippen molar-refractivity contribution >= 4 is 34.5 Å². The Kier molecular flexibility index (Phi) is 6.60. The van der Waals surface area contributed by atoms with Crippen LogP contribution in [0.4, 0.5) is 5.69 Å². The van der Waals surface area contributed by atoms with Gasteiger partial charge in [-0.3, -0.25) is 9.78 Å². The van der Waals surface area contributed by atoms with Gasteiger partial charge in [0.05, 0.1) is 17.8 Å². The second kappa shape index (κ2) is 9.73. The highest BCUT2D eigenvalue weighted by molar-refractivity contribution is 7.12. The molecule has 156 valence electrons. The van der Waals surface area contributed by atoms with E-state index in [2.05, 4.69) is 15.6 Å². The molecule has 0 fully saturated rings. The van der Waals surface area contributed by atoms with Crippen LogP contribution in [0, 0.1) is 6.92 Å². The van der Waals surface area contributed by atoms with E-state index in [0.717, 1.165) is 32.4 Å². The summed E-state index contributed by atoms with van der Waals surface area (Å²) < 4.78 is 0. The highest BCUT2D eigenvalue weighted by Crippen LogP contribution is 2.28. The first-order valence-corrected chi connectivity index (χ1v) is 11.0. The average molecular weight is 449 g/mol. The number of hydrogen-bond acceptors (Lipinski definition) is 5. The van der Waals surface area contributed by atoms with Crippen LogP contribution in [0.5, 0.6) is 0 Å². The molecule has 0 aliphatic heterocycles. The van der Waals surface area contributed by atoms with E-state index in [-0.39, 0.29) is 5.91 Å². The molecule has 0 radical (unpaired) electrons. The molecule has 0 aliphatic carbocycles. The number of benzene rings is 2. The summed E-state index contributed by atoms with van der Waals surface area (Å²) in [5, 5.41) is 7.87. The molecule has 0 spiro atoms. The van der Waals surface area contributed by atoms with Gasteiger partial charge in [0, 0.05) is 40.1 Å². The van der Waals surface area contributed by atoms with Crippen LogP contribution in [0.1, 0.15) is 25.8 Å². The summed E-state index contributed by atoms with van der Waals surface area (Å²) in [6.07, 6.45) is 3.54. The molecule has 2 N–H and O–H groups in total. The van der Waals surface area contributed by atoms with Gasteiger partial charge in [-0.15, -0.1) is 11.3 Å². The molecule has 0 bridgehead atoms. The normalized spacial score (nSPS) is 10.6. The van der Waals surface area contributed by atoms with Crippen molar-refractivity contribution in [3.8, 4) is 11.3 Å². The Bertz CT molecular complexity index is 1180. The van der Waals surface area contributed by atoms with Crippen LogP contribution >= 0.6 is 22.9 Å². The minimum atomic E-state index is -0.143. The van der Waals surface area contributed by atoms with E-state index in [4.69, 9.17) is 16.6 Å². The zero-order valence-electron chi connectivity index (χ0n) is 16.9. The average Bonchev–Trinajstić information content (AvgIpc) is 3.18. The topological polar surface area (TPSA) is 66.9 Å². The van der Waals surface area contributed by atoms with E-state index >= 15 is 0 Å². The number of carbonyl (C=O) groups excluding carboxylic acids is 1. The number of nitrogens with zero attached hydrogens (tertiary/aromatic N) is 2. The minimum Gasteiger partial charge on any atom is -0.380 e. The zero-order valence-corrected chi connectivity index (χ0v) is 18.5. The third kappa shape index (κ3) is 5.29. The van der Waals surface area contributed by atoms with Crippen LogP contribution < -0.4 is 10.6 Å². The summed E-state index contributed by atoms with van der Waals surface area (Å²) in [4.78, 5) is 22.8. The SMILES string of the molecule is Cc1sc(CNC(=O)c2ccccc2NCc2cccnc2)nc1-c1ccc(Cl)cc1. The van der Waals surface area contributed by atoms with Gasteiger partial charge in [-0.2, -0.15) is 0 Å². The van der Waals surface area contributed by atoms with Gasteiger partial charge in [0.1, 0.15) is 5.01 Å². The number of nitrogens with one attached hydrogen (secondary N) is 2. The Morgan fingerprint density at radius 3 is 2.61 bits per heavy atom. The first kappa shape index (κ1) is 21.0. The smallest absolute Gasteiger partial charge is 0.253 e. The molecule has 31 heavy (non-hydrogen) atoms. The Labute approximate surface area is 190 Å². The van der Waals surface area contributed by atoms with Crippen LogP contribution in [0.15, 0.2) is 73.1 Å². The zero-order chi connectivity index (χ0) is 21.6. The fraction of sp³-hybridized carbons (Fsp3) is 0.125. The van der Waals surface area contributed by atoms with Gasteiger partial charge in [-0.1, -0.05) is 41.9 Å². The summed E-state index contributed by atoms with van der Waals surface area (Å²) in [6, 6.07) is 19.0. The monoisotopic (exact) mass is 448 g/mol. The minimum absolute atomic E-state index is 0.143. The van der Waals surface area contributed by atoms with Gasteiger partial charge in [0.25, 0.3) is 5.91 Å². The third-order valence-electron chi connectivity index (χ3n) is 4.74. The summed E-state index contributed by atoms with van der Waals surface area (Å²) in [5.74, 6) is -0.143. The number of anilines is 1. The molecule has 0 unspecified atom stereocenters. The Hall–Kier alpha value is -3.22. The number of aryl methyl sites for hydroxylation is 1. The van der Waals surface area contributed by atoms with Crippen molar-refractivity contribution in [3.63, 3.8) is 0 Å². The van der Waals surface area contributed by atoms with Gasteiger partial charge >= 0.3 is 0 Å². The maximum atomic E-state index is 12.8. The van der Waals surface area contributed by atoms with Crippen molar-refractivity contribution in [1.82, 2.24) is 15.3 Å². The second-order valence-corrected chi connectivity index (χ2v) is 8.69. The molecule has 7 heteroatoms. The quantitative estimate of drug-likeness (QED) is 0.380. The Morgan fingerprint density at radius 2 is 1.84 bits per heavy atom. The lowest BCUT2D eigenvalue weighted by atomic mass is 10.1. The van der Waals surface area contributed by atoms with Crippen LogP contribution in [-0.2, 0) is 13.1 Å². The summed E-state index contributed by atoms with van der Waals surface area (Å²) >= 11 is 7.56. The number of pyridine rings is 1. The summed E-state index contributed by atoms with van der Waals surface area (Å²) in [6.45, 7) is 2.99. The number of amides is 1. The highest BCUT2D eigenvalue weighted by atomic mass is 35.5. The predicted octanol–water partition coefficient (Wildman–Crippen LogP) is 5.71. The van der Waals surface area contributed by atoms with Crippen molar-refractivity contribution < 1.29 is 4.79 Å². The molecule has 0 aliphatic rings. The standard InChI is InChI=1S/C24H21ClN4OS/c1-16-23(18-8-10-19(25)11-9-18)29-22(31-16)15-28-24(30)20-6-2-3-7-21(20)27-14-17-5-4-12-26-13-17/h2-13,27H,14-15H2,1H3,(H,28,30). The van der Waals surface area contributed by atoms with Crippen molar-refractivity contribution in [2.45, 2.75) is 20.0 Å². The molecule has 0 saturated carbocycles. The van der Waals surface area contributed by atoms with E-state index in [0.29, 0.717) is 23.7 Å². The van der Waals surface area contributed by atoms with Gasteiger partial charge in [-0.05, 0) is 42.8 Å². The number of hydrogen-bond donors (Lipinski definition) is 2. The lowest BCUT2D eigenvalue weighted by Crippen LogP contribution is -2.23. The summed E-state index contributed by atoms with van der Waals surface area (Å²) in [5.41, 5.74) is 4.36. The molecule has 1 amide bonds. The first-order chi connectivity index (χ1) is 15.1. The number of thiazole rings is 1. The Morgan fingerprint density at radius 1 is 1.03 bits per heavy atom. The summed E-state index contributed by atoms with van der Waals surface area (Å²) in [7, 11) is 0.